The van der Waals surface area contributed by atoms with Gasteiger partial charge in [-0.05, 0) is 46.7 Å². The van der Waals surface area contributed by atoms with Crippen LogP contribution in [0.5, 0.6) is 5.75 Å². The molecule has 5 rings (SSSR count). The van der Waals surface area contributed by atoms with E-state index in [1.165, 1.54) is 0 Å². The standard InChI is InChI=1S/C28H23N5O2/c1-35-22-14-15-26-24(17-22)25(18-29-26)28(32-30-21-11-3-2-4-12-21)33-31-27(34)16-20-10-7-9-19-8-5-6-13-23(19)20/h2-15,17-18,29H,16H2,1H3,(H,31,34)/b32-30?,33-28-. The summed E-state index contributed by atoms with van der Waals surface area (Å²) in [6.45, 7) is 0. The lowest BCUT2D eigenvalue weighted by Crippen LogP contribution is -2.21. The maximum absolute atomic E-state index is 12.9. The lowest BCUT2D eigenvalue weighted by molar-refractivity contribution is -0.120. The van der Waals surface area contributed by atoms with Crippen molar-refractivity contribution < 1.29 is 9.53 Å². The zero-order valence-corrected chi connectivity index (χ0v) is 19.1. The number of nitrogens with one attached hydrogen (secondary N) is 2. The van der Waals surface area contributed by atoms with Gasteiger partial charge in [0.2, 0.25) is 11.7 Å². The van der Waals surface area contributed by atoms with Crippen LogP contribution in [0.25, 0.3) is 21.7 Å². The molecule has 7 nitrogen and oxygen atoms in total. The van der Waals surface area contributed by atoms with Gasteiger partial charge in [-0.1, -0.05) is 60.7 Å². The molecule has 0 radical (unpaired) electrons. The van der Waals surface area contributed by atoms with E-state index in [1.807, 2.05) is 91.0 Å². The number of hydrogen-bond acceptors (Lipinski definition) is 4. The second-order valence-corrected chi connectivity index (χ2v) is 7.93. The summed E-state index contributed by atoms with van der Waals surface area (Å²) >= 11 is 0. The van der Waals surface area contributed by atoms with Crippen molar-refractivity contribution in [2.24, 2.45) is 15.3 Å². The van der Waals surface area contributed by atoms with Crippen LogP contribution in [0.2, 0.25) is 0 Å². The molecule has 0 aliphatic rings. The van der Waals surface area contributed by atoms with Crippen LogP contribution >= 0.6 is 0 Å². The number of rotatable bonds is 6. The number of hydrazone groups is 1. The van der Waals surface area contributed by atoms with Crippen molar-refractivity contribution in [1.82, 2.24) is 10.4 Å². The molecular formula is C28H23N5O2. The number of amidine groups is 1. The van der Waals surface area contributed by atoms with Crippen LogP contribution in [0, 0.1) is 0 Å². The van der Waals surface area contributed by atoms with Gasteiger partial charge in [0.15, 0.2) is 0 Å². The normalized spacial score (nSPS) is 11.9. The van der Waals surface area contributed by atoms with Gasteiger partial charge in [0.25, 0.3) is 0 Å². The van der Waals surface area contributed by atoms with Crippen LogP contribution in [0.15, 0.2) is 113 Å². The number of fused-ring (bicyclic) bond motifs is 2. The Morgan fingerprint density at radius 3 is 2.57 bits per heavy atom. The Balaban J connectivity index is 1.46. The smallest absolute Gasteiger partial charge is 0.244 e. The maximum atomic E-state index is 12.9. The minimum absolute atomic E-state index is 0.190. The van der Waals surface area contributed by atoms with Gasteiger partial charge in [0.05, 0.1) is 19.2 Å². The molecule has 0 aliphatic carbocycles. The topological polar surface area (TPSA) is 91.2 Å². The van der Waals surface area contributed by atoms with Crippen LogP contribution in [-0.2, 0) is 11.2 Å². The highest BCUT2D eigenvalue weighted by Crippen LogP contribution is 2.25. The van der Waals surface area contributed by atoms with Crippen molar-refractivity contribution in [1.29, 1.82) is 0 Å². The first kappa shape index (κ1) is 22.0. The van der Waals surface area contributed by atoms with Crippen LogP contribution in [0.1, 0.15) is 11.1 Å². The minimum Gasteiger partial charge on any atom is -0.497 e. The lowest BCUT2D eigenvalue weighted by atomic mass is 10.0. The Hall–Kier alpha value is -4.78. The Labute approximate surface area is 202 Å². The van der Waals surface area contributed by atoms with E-state index in [1.54, 1.807) is 13.3 Å². The molecule has 0 bridgehead atoms. The summed E-state index contributed by atoms with van der Waals surface area (Å²) in [4.78, 5) is 16.1. The van der Waals surface area contributed by atoms with Gasteiger partial charge in [0, 0.05) is 22.7 Å². The average molecular weight is 462 g/mol. The molecule has 0 atom stereocenters. The lowest BCUT2D eigenvalue weighted by Gasteiger charge is -2.06. The zero-order valence-electron chi connectivity index (χ0n) is 19.1. The molecule has 7 heteroatoms. The average Bonchev–Trinajstić information content (AvgIpc) is 3.32. The Morgan fingerprint density at radius 1 is 0.914 bits per heavy atom. The molecule has 1 aromatic heterocycles. The fraction of sp³-hybridized carbons (Fsp3) is 0.0714. The molecule has 1 heterocycles. The number of amides is 1. The summed E-state index contributed by atoms with van der Waals surface area (Å²) < 4.78 is 5.38. The Morgan fingerprint density at radius 2 is 1.71 bits per heavy atom. The van der Waals surface area contributed by atoms with Gasteiger partial charge < -0.3 is 9.72 Å². The largest absolute Gasteiger partial charge is 0.497 e. The zero-order chi connectivity index (χ0) is 24.0. The van der Waals surface area contributed by atoms with E-state index >= 15 is 0 Å². The number of carbonyl (C=O) groups excluding carboxylic acids is 1. The fourth-order valence-corrected chi connectivity index (χ4v) is 3.92. The third-order valence-corrected chi connectivity index (χ3v) is 5.66. The van der Waals surface area contributed by atoms with E-state index < -0.39 is 0 Å². The van der Waals surface area contributed by atoms with Gasteiger partial charge in [-0.2, -0.15) is 5.10 Å². The number of nitrogens with zero attached hydrogens (tertiary/aromatic N) is 3. The monoisotopic (exact) mass is 461 g/mol. The summed E-state index contributed by atoms with van der Waals surface area (Å²) in [7, 11) is 1.62. The van der Waals surface area contributed by atoms with Crippen molar-refractivity contribution in [2.45, 2.75) is 6.42 Å². The number of aromatic amines is 1. The first-order valence-corrected chi connectivity index (χ1v) is 11.2. The molecule has 0 unspecified atom stereocenters. The molecule has 0 saturated heterocycles. The molecule has 0 spiro atoms. The van der Waals surface area contributed by atoms with Gasteiger partial charge in [-0.15, -0.1) is 10.2 Å². The molecular weight excluding hydrogens is 438 g/mol. The highest BCUT2D eigenvalue weighted by molar-refractivity contribution is 6.10. The molecule has 5 aromatic rings. The highest BCUT2D eigenvalue weighted by atomic mass is 16.5. The van der Waals surface area contributed by atoms with Gasteiger partial charge in [0.1, 0.15) is 5.75 Å². The Kier molecular flexibility index (Phi) is 6.30. The summed E-state index contributed by atoms with van der Waals surface area (Å²) in [5, 5.41) is 16.0. The molecule has 172 valence electrons. The minimum atomic E-state index is -0.244. The van der Waals surface area contributed by atoms with Crippen LogP contribution in [0.3, 0.4) is 0 Å². The number of H-pyrrole nitrogens is 1. The summed E-state index contributed by atoms with van der Waals surface area (Å²) in [5.74, 6) is 0.739. The first-order valence-electron chi connectivity index (χ1n) is 11.2. The number of azo groups is 1. The fourth-order valence-electron chi connectivity index (χ4n) is 3.92. The highest BCUT2D eigenvalue weighted by Gasteiger charge is 2.13. The summed E-state index contributed by atoms with van der Waals surface area (Å²) in [5.41, 5.74) is 5.87. The van der Waals surface area contributed by atoms with E-state index in [-0.39, 0.29) is 18.2 Å². The van der Waals surface area contributed by atoms with Gasteiger partial charge in [-0.3, -0.25) is 4.79 Å². The first-order chi connectivity index (χ1) is 17.2. The second kappa shape index (κ2) is 10.0. The summed E-state index contributed by atoms with van der Waals surface area (Å²) in [6, 6.07) is 29.0. The third-order valence-electron chi connectivity index (χ3n) is 5.66. The predicted octanol–water partition coefficient (Wildman–Crippen LogP) is 6.13. The van der Waals surface area contributed by atoms with E-state index in [4.69, 9.17) is 4.74 Å². The predicted molar refractivity (Wildman–Crippen MR) is 138 cm³/mol. The molecule has 0 fully saturated rings. The van der Waals surface area contributed by atoms with Crippen molar-refractivity contribution in [2.75, 3.05) is 7.11 Å². The number of methoxy groups -OCH3 is 1. The van der Waals surface area contributed by atoms with E-state index in [9.17, 15) is 4.79 Å². The van der Waals surface area contributed by atoms with Gasteiger partial charge >= 0.3 is 0 Å². The molecule has 4 aromatic carbocycles. The van der Waals surface area contributed by atoms with Gasteiger partial charge in [-0.25, -0.2) is 5.43 Å². The number of hydrogen-bond donors (Lipinski definition) is 2. The number of ether oxygens (including phenoxy) is 1. The molecule has 0 aliphatic heterocycles. The molecule has 1 amide bonds. The number of aromatic nitrogens is 1. The van der Waals surface area contributed by atoms with E-state index in [2.05, 4.69) is 25.7 Å². The quantitative estimate of drug-likeness (QED) is 0.138. The van der Waals surface area contributed by atoms with Crippen molar-refractivity contribution in [3.63, 3.8) is 0 Å². The Bertz CT molecular complexity index is 1550. The second-order valence-electron chi connectivity index (χ2n) is 7.93. The maximum Gasteiger partial charge on any atom is 0.244 e. The van der Waals surface area contributed by atoms with E-state index in [0.717, 1.165) is 27.2 Å². The number of benzene rings is 4. The number of carbonyl (C=O) groups is 1. The summed E-state index contributed by atoms with van der Waals surface area (Å²) in [6.07, 6.45) is 1.99. The molecule has 35 heavy (non-hydrogen) atoms. The SMILES string of the molecule is COc1ccc2[nH]cc(/C(N=Nc3ccccc3)=N/NC(=O)Cc3cccc4ccccc34)c2c1. The van der Waals surface area contributed by atoms with Crippen molar-refractivity contribution in [3.8, 4) is 5.75 Å². The van der Waals surface area contributed by atoms with Crippen molar-refractivity contribution >= 4 is 39.1 Å². The van der Waals surface area contributed by atoms with E-state index in [0.29, 0.717) is 17.0 Å². The molecule has 0 saturated carbocycles. The molecule has 2 N–H and O–H groups in total. The van der Waals surface area contributed by atoms with Crippen LogP contribution in [0.4, 0.5) is 5.69 Å². The van der Waals surface area contributed by atoms with Crippen LogP contribution in [-0.4, -0.2) is 23.8 Å². The van der Waals surface area contributed by atoms with Crippen LogP contribution < -0.4 is 10.2 Å². The third kappa shape index (κ3) is 4.94. The van der Waals surface area contributed by atoms with Crippen molar-refractivity contribution in [3.05, 3.63) is 108 Å².